The van der Waals surface area contributed by atoms with Gasteiger partial charge in [-0.25, -0.2) is 8.42 Å². The number of carbonyl (C=O) groups is 3. The zero-order valence-electron chi connectivity index (χ0n) is 17.8. The van der Waals surface area contributed by atoms with Crippen LogP contribution in [0.2, 0.25) is 0 Å². The Morgan fingerprint density at radius 3 is 2.22 bits per heavy atom. The van der Waals surface area contributed by atoms with Crippen molar-refractivity contribution in [2.24, 2.45) is 23.7 Å². The first-order chi connectivity index (χ1) is 15.4. The summed E-state index contributed by atoms with van der Waals surface area (Å²) in [6.45, 7) is 0.641. The van der Waals surface area contributed by atoms with E-state index >= 15 is 0 Å². The lowest BCUT2D eigenvalue weighted by Crippen LogP contribution is -2.39. The summed E-state index contributed by atoms with van der Waals surface area (Å²) in [4.78, 5) is 39.4. The number of nitrogens with one attached hydrogen (secondary N) is 1. The van der Waals surface area contributed by atoms with Crippen LogP contribution in [0, 0.1) is 23.7 Å². The van der Waals surface area contributed by atoms with Gasteiger partial charge in [0, 0.05) is 18.8 Å². The van der Waals surface area contributed by atoms with Gasteiger partial charge in [0.15, 0.2) is 0 Å². The van der Waals surface area contributed by atoms with Gasteiger partial charge >= 0.3 is 0 Å². The van der Waals surface area contributed by atoms with Crippen molar-refractivity contribution in [3.05, 3.63) is 36.4 Å². The first-order valence-electron chi connectivity index (χ1n) is 11.3. The molecule has 1 aromatic rings. The SMILES string of the molecule is O=C(CN1C(=O)[C@@H]2[C@H](C1=O)[C@H]1C=C[C@H]2C1)Nc1cccc(S(=O)(=O)N2CCCCCC2)c1. The molecular weight excluding hydrogens is 430 g/mol. The van der Waals surface area contributed by atoms with E-state index in [2.05, 4.69) is 5.32 Å². The first kappa shape index (κ1) is 21.3. The van der Waals surface area contributed by atoms with Gasteiger partial charge in [-0.3, -0.25) is 19.3 Å². The zero-order chi connectivity index (χ0) is 22.5. The largest absolute Gasteiger partial charge is 0.324 e. The number of imide groups is 1. The van der Waals surface area contributed by atoms with Gasteiger partial charge in [0.2, 0.25) is 27.7 Å². The summed E-state index contributed by atoms with van der Waals surface area (Å²) in [5.74, 6) is -1.56. The van der Waals surface area contributed by atoms with Gasteiger partial charge in [0.1, 0.15) is 6.54 Å². The van der Waals surface area contributed by atoms with E-state index in [4.69, 9.17) is 0 Å². The van der Waals surface area contributed by atoms with Crippen LogP contribution in [0.25, 0.3) is 0 Å². The molecule has 1 N–H and O–H groups in total. The molecule has 32 heavy (non-hydrogen) atoms. The molecule has 2 aliphatic heterocycles. The van der Waals surface area contributed by atoms with Crippen LogP contribution in [0.15, 0.2) is 41.3 Å². The number of benzene rings is 1. The van der Waals surface area contributed by atoms with Crippen molar-refractivity contribution in [3.8, 4) is 0 Å². The molecule has 8 nitrogen and oxygen atoms in total. The summed E-state index contributed by atoms with van der Waals surface area (Å²) in [5.41, 5.74) is 0.326. The van der Waals surface area contributed by atoms with E-state index < -0.39 is 15.9 Å². The van der Waals surface area contributed by atoms with Crippen LogP contribution < -0.4 is 5.32 Å². The second kappa shape index (κ2) is 8.12. The maximum absolute atomic E-state index is 13.0. The number of hydrogen-bond donors (Lipinski definition) is 1. The maximum atomic E-state index is 13.0. The fraction of sp³-hybridized carbons (Fsp3) is 0.522. The number of carbonyl (C=O) groups excluding carboxylic acids is 3. The van der Waals surface area contributed by atoms with Crippen molar-refractivity contribution in [2.75, 3.05) is 25.0 Å². The predicted molar refractivity (Wildman–Crippen MR) is 117 cm³/mol. The number of allylic oxidation sites excluding steroid dienone is 2. The molecule has 4 aliphatic rings. The highest BCUT2D eigenvalue weighted by molar-refractivity contribution is 7.89. The van der Waals surface area contributed by atoms with E-state index in [1.165, 1.54) is 16.4 Å². The number of likely N-dealkylation sites (tertiary alicyclic amines) is 1. The average molecular weight is 458 g/mol. The Bertz CT molecular complexity index is 1060. The molecule has 170 valence electrons. The Morgan fingerprint density at radius 1 is 0.969 bits per heavy atom. The van der Waals surface area contributed by atoms with Crippen LogP contribution in [0.3, 0.4) is 0 Å². The van der Waals surface area contributed by atoms with Crippen molar-refractivity contribution in [1.82, 2.24) is 9.21 Å². The van der Waals surface area contributed by atoms with Crippen LogP contribution in [-0.2, 0) is 24.4 Å². The topological polar surface area (TPSA) is 104 Å². The molecule has 0 radical (unpaired) electrons. The van der Waals surface area contributed by atoms with Gasteiger partial charge in [-0.05, 0) is 49.3 Å². The Morgan fingerprint density at radius 2 is 1.59 bits per heavy atom. The fourth-order valence-corrected chi connectivity index (χ4v) is 7.19. The zero-order valence-corrected chi connectivity index (χ0v) is 18.6. The fourth-order valence-electron chi connectivity index (χ4n) is 5.63. The minimum absolute atomic E-state index is 0.0930. The van der Waals surface area contributed by atoms with Gasteiger partial charge in [-0.2, -0.15) is 4.31 Å². The summed E-state index contributed by atoms with van der Waals surface area (Å²) >= 11 is 0. The molecule has 0 spiro atoms. The summed E-state index contributed by atoms with van der Waals surface area (Å²) in [7, 11) is -3.64. The summed E-state index contributed by atoms with van der Waals surface area (Å²) in [6.07, 6.45) is 8.59. The normalized spacial score (nSPS) is 29.9. The lowest BCUT2D eigenvalue weighted by atomic mass is 9.85. The third-order valence-electron chi connectivity index (χ3n) is 7.18. The highest BCUT2D eigenvalue weighted by Gasteiger charge is 2.59. The number of amides is 3. The molecule has 4 atom stereocenters. The van der Waals surface area contributed by atoms with E-state index in [-0.39, 0.29) is 46.9 Å². The second-order valence-corrected chi connectivity index (χ2v) is 11.1. The van der Waals surface area contributed by atoms with Crippen molar-refractivity contribution >= 4 is 33.4 Å². The number of fused-ring (bicyclic) bond motifs is 5. The Labute approximate surface area is 187 Å². The number of rotatable bonds is 5. The molecule has 0 aromatic heterocycles. The van der Waals surface area contributed by atoms with Crippen LogP contribution in [0.4, 0.5) is 5.69 Å². The molecule has 2 saturated heterocycles. The number of sulfonamides is 1. The van der Waals surface area contributed by atoms with E-state index in [0.29, 0.717) is 18.8 Å². The van der Waals surface area contributed by atoms with Crippen LogP contribution in [0.1, 0.15) is 32.1 Å². The lowest BCUT2D eigenvalue weighted by molar-refractivity contribution is -0.143. The third-order valence-corrected chi connectivity index (χ3v) is 9.08. The molecule has 2 bridgehead atoms. The molecule has 2 aliphatic carbocycles. The average Bonchev–Trinajstić information content (AvgIpc) is 3.36. The smallest absolute Gasteiger partial charge is 0.244 e. The number of nitrogens with zero attached hydrogens (tertiary/aromatic N) is 2. The molecule has 1 saturated carbocycles. The molecule has 0 unspecified atom stereocenters. The van der Waals surface area contributed by atoms with Crippen molar-refractivity contribution in [2.45, 2.75) is 37.0 Å². The quantitative estimate of drug-likeness (QED) is 0.538. The summed E-state index contributed by atoms with van der Waals surface area (Å²) < 4.78 is 27.6. The highest BCUT2D eigenvalue weighted by atomic mass is 32.2. The number of anilines is 1. The molecule has 3 amide bonds. The minimum Gasteiger partial charge on any atom is -0.324 e. The Hall–Kier alpha value is -2.52. The van der Waals surface area contributed by atoms with Crippen molar-refractivity contribution < 1.29 is 22.8 Å². The van der Waals surface area contributed by atoms with E-state index in [9.17, 15) is 22.8 Å². The summed E-state index contributed by atoms with van der Waals surface area (Å²) in [6, 6.07) is 6.14. The van der Waals surface area contributed by atoms with Crippen molar-refractivity contribution in [3.63, 3.8) is 0 Å². The molecule has 1 aromatic carbocycles. The van der Waals surface area contributed by atoms with Crippen LogP contribution in [-0.4, -0.2) is 55.0 Å². The van der Waals surface area contributed by atoms with E-state index in [1.807, 2.05) is 12.2 Å². The van der Waals surface area contributed by atoms with Gasteiger partial charge in [0.05, 0.1) is 16.7 Å². The minimum atomic E-state index is -3.64. The van der Waals surface area contributed by atoms with Gasteiger partial charge in [0.25, 0.3) is 0 Å². The highest BCUT2D eigenvalue weighted by Crippen LogP contribution is 2.52. The van der Waals surface area contributed by atoms with E-state index in [0.717, 1.165) is 37.0 Å². The van der Waals surface area contributed by atoms with Crippen LogP contribution >= 0.6 is 0 Å². The number of hydrogen-bond acceptors (Lipinski definition) is 5. The Kier molecular flexibility index (Phi) is 5.41. The van der Waals surface area contributed by atoms with Gasteiger partial charge < -0.3 is 5.32 Å². The molecular formula is C23H27N3O5S. The first-order valence-corrected chi connectivity index (χ1v) is 12.7. The molecule has 5 rings (SSSR count). The van der Waals surface area contributed by atoms with E-state index in [1.54, 1.807) is 12.1 Å². The summed E-state index contributed by atoms with van der Waals surface area (Å²) in [5, 5.41) is 2.66. The monoisotopic (exact) mass is 457 g/mol. The van der Waals surface area contributed by atoms with Crippen molar-refractivity contribution in [1.29, 1.82) is 0 Å². The predicted octanol–water partition coefficient (Wildman–Crippen LogP) is 2.00. The standard InChI is InChI=1S/C23H27N3O5S/c27-19(14-26-22(28)20-15-8-9-16(12-15)21(20)23(26)29)24-17-6-5-7-18(13-17)32(30,31)25-10-3-1-2-4-11-25/h5-9,13,15-16,20-21H,1-4,10-12,14H2,(H,24,27)/t15-,16-,20-,21+/m0/s1. The van der Waals surface area contributed by atoms with Gasteiger partial charge in [-0.1, -0.05) is 31.1 Å². The molecule has 2 heterocycles. The maximum Gasteiger partial charge on any atom is 0.244 e. The molecule has 3 fully saturated rings. The van der Waals surface area contributed by atoms with Gasteiger partial charge in [-0.15, -0.1) is 0 Å². The van der Waals surface area contributed by atoms with Crippen LogP contribution in [0.5, 0.6) is 0 Å². The Balaban J connectivity index is 1.27. The molecule has 9 heteroatoms. The third kappa shape index (κ3) is 3.57. The second-order valence-electron chi connectivity index (χ2n) is 9.16. The lowest BCUT2D eigenvalue weighted by Gasteiger charge is -2.20.